The summed E-state index contributed by atoms with van der Waals surface area (Å²) in [6.07, 6.45) is 4.44. The fourth-order valence-electron chi connectivity index (χ4n) is 2.84. The van der Waals surface area contributed by atoms with Crippen LogP contribution in [0.25, 0.3) is 0 Å². The zero-order valence-electron chi connectivity index (χ0n) is 12.1. The number of ether oxygens (including phenoxy) is 1. The van der Waals surface area contributed by atoms with Crippen molar-refractivity contribution in [2.24, 2.45) is 5.41 Å². The Morgan fingerprint density at radius 1 is 1.58 bits per heavy atom. The highest BCUT2D eigenvalue weighted by atomic mass is 16.5. The molecule has 1 saturated carbocycles. The van der Waals surface area contributed by atoms with Crippen LogP contribution in [0.2, 0.25) is 0 Å². The van der Waals surface area contributed by atoms with E-state index in [0.717, 1.165) is 13.0 Å². The van der Waals surface area contributed by atoms with Gasteiger partial charge in [0.15, 0.2) is 0 Å². The van der Waals surface area contributed by atoms with Crippen LogP contribution in [0.15, 0.2) is 24.5 Å². The van der Waals surface area contributed by atoms with Crippen LogP contribution in [0.4, 0.5) is 0 Å². The van der Waals surface area contributed by atoms with Crippen LogP contribution >= 0.6 is 0 Å². The Morgan fingerprint density at radius 3 is 2.84 bits per heavy atom. The first kappa shape index (κ1) is 14.0. The van der Waals surface area contributed by atoms with Crippen molar-refractivity contribution in [3.63, 3.8) is 0 Å². The maximum atomic E-state index is 12.4. The lowest BCUT2D eigenvalue weighted by Crippen LogP contribution is -2.62. The molecule has 4 nitrogen and oxygen atoms in total. The summed E-state index contributed by atoms with van der Waals surface area (Å²) in [5.74, 6) is 0.0288. The largest absolute Gasteiger partial charge is 0.378 e. The van der Waals surface area contributed by atoms with E-state index < -0.39 is 0 Å². The van der Waals surface area contributed by atoms with Crippen molar-refractivity contribution in [3.05, 3.63) is 30.1 Å². The summed E-state index contributed by atoms with van der Waals surface area (Å²) >= 11 is 0. The zero-order chi connectivity index (χ0) is 14.0. The molecule has 0 aliphatic heterocycles. The lowest BCUT2D eigenvalue weighted by Gasteiger charge is -2.54. The molecule has 4 heteroatoms. The van der Waals surface area contributed by atoms with Crippen molar-refractivity contribution in [2.45, 2.75) is 39.3 Å². The number of pyridine rings is 1. The highest BCUT2D eigenvalue weighted by Crippen LogP contribution is 2.45. The fraction of sp³-hybridized carbons (Fsp3) is 0.600. The standard InChI is InChI=1S/C15H22N2O2/c1-5-19-13-9-12(15(13,2)3)17(4)14(18)11-7-6-8-16-10-11/h6-8,10,12-13H,5,9H2,1-4H3/t12-,13+/m1/s1. The number of rotatable bonds is 4. The molecule has 0 spiro atoms. The Bertz CT molecular complexity index is 445. The van der Waals surface area contributed by atoms with E-state index in [-0.39, 0.29) is 23.5 Å². The molecule has 0 radical (unpaired) electrons. The molecule has 2 atom stereocenters. The van der Waals surface area contributed by atoms with Crippen LogP contribution in [-0.4, -0.2) is 41.6 Å². The Hall–Kier alpha value is -1.42. The van der Waals surface area contributed by atoms with Crippen LogP contribution in [0.5, 0.6) is 0 Å². The van der Waals surface area contributed by atoms with Crippen LogP contribution < -0.4 is 0 Å². The van der Waals surface area contributed by atoms with E-state index in [9.17, 15) is 4.79 Å². The van der Waals surface area contributed by atoms with E-state index >= 15 is 0 Å². The van der Waals surface area contributed by atoms with E-state index in [1.807, 2.05) is 18.9 Å². The molecule has 19 heavy (non-hydrogen) atoms. The van der Waals surface area contributed by atoms with Crippen LogP contribution in [0, 0.1) is 5.41 Å². The lowest BCUT2D eigenvalue weighted by atomic mass is 9.63. The van der Waals surface area contributed by atoms with Crippen molar-refractivity contribution < 1.29 is 9.53 Å². The first-order valence-corrected chi connectivity index (χ1v) is 6.77. The topological polar surface area (TPSA) is 42.4 Å². The van der Waals surface area contributed by atoms with Gasteiger partial charge in [-0.05, 0) is 25.5 Å². The van der Waals surface area contributed by atoms with E-state index in [2.05, 4.69) is 18.8 Å². The van der Waals surface area contributed by atoms with Crippen molar-refractivity contribution in [3.8, 4) is 0 Å². The first-order chi connectivity index (χ1) is 8.98. The molecular weight excluding hydrogens is 240 g/mol. The van der Waals surface area contributed by atoms with Gasteiger partial charge >= 0.3 is 0 Å². The molecule has 1 aliphatic carbocycles. The van der Waals surface area contributed by atoms with E-state index in [4.69, 9.17) is 4.74 Å². The Morgan fingerprint density at radius 2 is 2.32 bits per heavy atom. The second kappa shape index (κ2) is 5.29. The van der Waals surface area contributed by atoms with Crippen LogP contribution in [-0.2, 0) is 4.74 Å². The maximum absolute atomic E-state index is 12.4. The molecule has 0 N–H and O–H groups in total. The summed E-state index contributed by atoms with van der Waals surface area (Å²) < 4.78 is 5.71. The van der Waals surface area contributed by atoms with Crippen molar-refractivity contribution in [1.82, 2.24) is 9.88 Å². The molecule has 1 heterocycles. The number of nitrogens with zero attached hydrogens (tertiary/aromatic N) is 2. The van der Waals surface area contributed by atoms with Crippen molar-refractivity contribution in [2.75, 3.05) is 13.7 Å². The van der Waals surface area contributed by atoms with Gasteiger partial charge in [-0.15, -0.1) is 0 Å². The summed E-state index contributed by atoms with van der Waals surface area (Å²) in [5, 5.41) is 0. The van der Waals surface area contributed by atoms with E-state index in [1.165, 1.54) is 0 Å². The minimum absolute atomic E-state index is 0.00261. The monoisotopic (exact) mass is 262 g/mol. The number of aromatic nitrogens is 1. The number of carbonyl (C=O) groups is 1. The SMILES string of the molecule is CCO[C@H]1C[C@@H](N(C)C(=O)c2cccnc2)C1(C)C. The van der Waals surface area contributed by atoms with E-state index in [1.54, 1.807) is 24.5 Å². The molecule has 1 amide bonds. The number of hydrogen-bond donors (Lipinski definition) is 0. The summed E-state index contributed by atoms with van der Waals surface area (Å²) in [6.45, 7) is 7.05. The predicted molar refractivity (Wildman–Crippen MR) is 73.9 cm³/mol. The Kier molecular flexibility index (Phi) is 3.90. The van der Waals surface area contributed by atoms with Crippen molar-refractivity contribution in [1.29, 1.82) is 0 Å². The molecule has 1 aromatic rings. The van der Waals surface area contributed by atoms with Gasteiger partial charge in [0.25, 0.3) is 5.91 Å². The van der Waals surface area contributed by atoms with Gasteiger partial charge in [0.1, 0.15) is 0 Å². The molecule has 1 aromatic heterocycles. The third-order valence-corrected chi connectivity index (χ3v) is 4.19. The first-order valence-electron chi connectivity index (χ1n) is 6.77. The lowest BCUT2D eigenvalue weighted by molar-refractivity contribution is -0.136. The highest BCUT2D eigenvalue weighted by molar-refractivity contribution is 5.94. The number of carbonyl (C=O) groups excluding carboxylic acids is 1. The molecule has 1 fully saturated rings. The third kappa shape index (κ3) is 2.50. The molecule has 2 rings (SSSR count). The predicted octanol–water partition coefficient (Wildman–Crippen LogP) is 2.36. The minimum atomic E-state index is 0.00261. The van der Waals surface area contributed by atoms with Crippen molar-refractivity contribution >= 4 is 5.91 Å². The normalized spacial score (nSPS) is 24.6. The van der Waals surface area contributed by atoms with Crippen LogP contribution in [0.3, 0.4) is 0 Å². The molecule has 0 aromatic carbocycles. The molecule has 0 saturated heterocycles. The zero-order valence-corrected chi connectivity index (χ0v) is 12.1. The van der Waals surface area contributed by atoms with Gasteiger partial charge in [-0.3, -0.25) is 9.78 Å². The van der Waals surface area contributed by atoms with Gasteiger partial charge in [-0.1, -0.05) is 13.8 Å². The maximum Gasteiger partial charge on any atom is 0.255 e. The minimum Gasteiger partial charge on any atom is -0.378 e. The number of amides is 1. The second-order valence-corrected chi connectivity index (χ2v) is 5.67. The molecule has 104 valence electrons. The Labute approximate surface area is 114 Å². The third-order valence-electron chi connectivity index (χ3n) is 4.19. The summed E-state index contributed by atoms with van der Waals surface area (Å²) in [6, 6.07) is 3.81. The number of hydrogen-bond acceptors (Lipinski definition) is 3. The quantitative estimate of drug-likeness (QED) is 0.836. The van der Waals surface area contributed by atoms with Gasteiger partial charge in [0.2, 0.25) is 0 Å². The average molecular weight is 262 g/mol. The molecular formula is C15H22N2O2. The Balaban J connectivity index is 2.06. The summed E-state index contributed by atoms with van der Waals surface area (Å²) in [4.78, 5) is 18.2. The summed E-state index contributed by atoms with van der Waals surface area (Å²) in [7, 11) is 1.86. The van der Waals surface area contributed by atoms with Crippen LogP contribution in [0.1, 0.15) is 37.6 Å². The van der Waals surface area contributed by atoms with Gasteiger partial charge in [0, 0.05) is 37.5 Å². The second-order valence-electron chi connectivity index (χ2n) is 5.67. The fourth-order valence-corrected chi connectivity index (χ4v) is 2.84. The van der Waals surface area contributed by atoms with Gasteiger partial charge in [-0.25, -0.2) is 0 Å². The van der Waals surface area contributed by atoms with Gasteiger partial charge < -0.3 is 9.64 Å². The highest BCUT2D eigenvalue weighted by Gasteiger charge is 2.51. The molecule has 1 aliphatic rings. The summed E-state index contributed by atoms with van der Waals surface area (Å²) in [5.41, 5.74) is 0.642. The van der Waals surface area contributed by atoms with Gasteiger partial charge in [-0.2, -0.15) is 0 Å². The molecule has 0 unspecified atom stereocenters. The average Bonchev–Trinajstić information content (AvgIpc) is 2.42. The van der Waals surface area contributed by atoms with E-state index in [0.29, 0.717) is 5.56 Å². The van der Waals surface area contributed by atoms with Gasteiger partial charge in [0.05, 0.1) is 11.7 Å². The smallest absolute Gasteiger partial charge is 0.255 e. The molecule has 0 bridgehead atoms.